The van der Waals surface area contributed by atoms with Crippen LogP contribution >= 0.6 is 0 Å². The van der Waals surface area contributed by atoms with E-state index in [0.29, 0.717) is 5.82 Å². The molecule has 0 heterocycles. The van der Waals surface area contributed by atoms with E-state index in [2.05, 4.69) is 35.0 Å². The number of nitrogens with one attached hydrogen (secondary N) is 1. The second kappa shape index (κ2) is 15.6. The summed E-state index contributed by atoms with van der Waals surface area (Å²) in [6.45, 7) is 18.9. The lowest BCUT2D eigenvalue weighted by molar-refractivity contribution is 0.960. The van der Waals surface area contributed by atoms with Crippen molar-refractivity contribution < 1.29 is 0 Å². The predicted octanol–water partition coefficient (Wildman–Crippen LogP) is 4.95. The summed E-state index contributed by atoms with van der Waals surface area (Å²) in [5, 5.41) is 3.17. The quantitative estimate of drug-likeness (QED) is 0.382. The van der Waals surface area contributed by atoms with E-state index in [4.69, 9.17) is 0 Å². The molecule has 0 spiro atoms. The summed E-state index contributed by atoms with van der Waals surface area (Å²) in [4.78, 5) is 8.23. The summed E-state index contributed by atoms with van der Waals surface area (Å²) in [6, 6.07) is 0. The minimum Gasteiger partial charge on any atom is -0.340 e. The molecule has 0 unspecified atom stereocenters. The highest BCUT2D eigenvalue weighted by Crippen LogP contribution is 2.07. The molecule has 1 N–H and O–H groups in total. The van der Waals surface area contributed by atoms with Gasteiger partial charge < -0.3 is 5.32 Å². The number of nitrogens with zero attached hydrogens (tertiary/aromatic N) is 2. The van der Waals surface area contributed by atoms with Crippen molar-refractivity contribution in [3.63, 3.8) is 0 Å². The molecular formula is C18H27N3. The maximum Gasteiger partial charge on any atom is 0.135 e. The molecule has 0 aromatic heterocycles. The van der Waals surface area contributed by atoms with Crippen molar-refractivity contribution in [3.05, 3.63) is 73.3 Å². The van der Waals surface area contributed by atoms with E-state index in [-0.39, 0.29) is 0 Å². The van der Waals surface area contributed by atoms with Crippen LogP contribution < -0.4 is 5.32 Å². The number of rotatable bonds is 8. The van der Waals surface area contributed by atoms with Crippen LogP contribution in [0, 0.1) is 0 Å². The summed E-state index contributed by atoms with van der Waals surface area (Å²) in [6.07, 6.45) is 13.7. The second-order valence-corrected chi connectivity index (χ2v) is 3.50. The Kier molecular flexibility index (Phi) is 15.6. The standard InChI is InChI=1S/C16H21N3.C2H6/c1-6-10-14(5)16(18-13-17-12-8-3)19-15(9-4)11-7-2;1-2/h6-13,19H,2-4H2,1,5H3;1-2H3/b10-6+,15-11+,16-14-,17-12?,18-13-;. The van der Waals surface area contributed by atoms with Gasteiger partial charge in [-0.15, -0.1) is 0 Å². The van der Waals surface area contributed by atoms with Crippen LogP contribution in [0.25, 0.3) is 0 Å². The molecule has 0 rings (SSSR count). The smallest absolute Gasteiger partial charge is 0.135 e. The molecule has 0 amide bonds. The molecular weight excluding hydrogens is 258 g/mol. The van der Waals surface area contributed by atoms with Crippen LogP contribution in [0.2, 0.25) is 0 Å². The fraction of sp³-hybridized carbons (Fsp3) is 0.222. The summed E-state index contributed by atoms with van der Waals surface area (Å²) in [5.74, 6) is 0.701. The molecule has 0 aliphatic carbocycles. The number of hydrogen-bond acceptors (Lipinski definition) is 2. The van der Waals surface area contributed by atoms with Crippen molar-refractivity contribution in [3.8, 4) is 0 Å². The fourth-order valence-corrected chi connectivity index (χ4v) is 1.18. The Morgan fingerprint density at radius 1 is 1.10 bits per heavy atom. The first-order valence-corrected chi connectivity index (χ1v) is 6.92. The first-order valence-electron chi connectivity index (χ1n) is 6.92. The first-order chi connectivity index (χ1) is 10.2. The van der Waals surface area contributed by atoms with E-state index in [1.54, 1.807) is 24.4 Å². The molecule has 0 fully saturated rings. The van der Waals surface area contributed by atoms with Crippen molar-refractivity contribution in [2.24, 2.45) is 9.98 Å². The van der Waals surface area contributed by atoms with Gasteiger partial charge in [-0.2, -0.15) is 0 Å². The van der Waals surface area contributed by atoms with Gasteiger partial charge in [-0.1, -0.05) is 57.9 Å². The van der Waals surface area contributed by atoms with E-state index in [1.807, 2.05) is 45.9 Å². The number of hydrogen-bond donors (Lipinski definition) is 1. The van der Waals surface area contributed by atoms with Crippen molar-refractivity contribution in [2.45, 2.75) is 27.7 Å². The van der Waals surface area contributed by atoms with E-state index in [0.717, 1.165) is 11.3 Å². The SMILES string of the molecule is C=CC=N\C=N/C(N/C(C=C)=C/C=C)=C(C)/C=C/C.CC. The average Bonchev–Trinajstić information content (AvgIpc) is 2.51. The summed E-state index contributed by atoms with van der Waals surface area (Å²) >= 11 is 0. The molecule has 0 aliphatic rings. The van der Waals surface area contributed by atoms with Gasteiger partial charge in [0, 0.05) is 11.9 Å². The molecule has 0 saturated carbocycles. The van der Waals surface area contributed by atoms with E-state index in [1.165, 1.54) is 6.34 Å². The molecule has 0 aromatic carbocycles. The predicted molar refractivity (Wildman–Crippen MR) is 97.7 cm³/mol. The topological polar surface area (TPSA) is 36.8 Å². The van der Waals surface area contributed by atoms with Gasteiger partial charge in [0.2, 0.25) is 0 Å². The van der Waals surface area contributed by atoms with Crippen LogP contribution in [-0.4, -0.2) is 12.6 Å². The Morgan fingerprint density at radius 3 is 2.24 bits per heavy atom. The van der Waals surface area contributed by atoms with Crippen molar-refractivity contribution >= 4 is 12.6 Å². The Labute approximate surface area is 129 Å². The largest absolute Gasteiger partial charge is 0.340 e. The lowest BCUT2D eigenvalue weighted by atomic mass is 10.2. The van der Waals surface area contributed by atoms with Crippen LogP contribution in [-0.2, 0) is 0 Å². The third kappa shape index (κ3) is 11.1. The maximum atomic E-state index is 4.27. The number of aliphatic imine (C=N–C) groups is 2. The molecule has 114 valence electrons. The molecule has 0 radical (unpaired) electrons. The third-order valence-electron chi connectivity index (χ3n) is 2.02. The van der Waals surface area contributed by atoms with Crippen LogP contribution in [0.4, 0.5) is 0 Å². The minimum atomic E-state index is 0.701. The summed E-state index contributed by atoms with van der Waals surface area (Å²) < 4.78 is 0. The fourth-order valence-electron chi connectivity index (χ4n) is 1.18. The van der Waals surface area contributed by atoms with Gasteiger partial charge >= 0.3 is 0 Å². The van der Waals surface area contributed by atoms with Crippen molar-refractivity contribution in [2.75, 3.05) is 0 Å². The monoisotopic (exact) mass is 285 g/mol. The second-order valence-electron chi connectivity index (χ2n) is 3.50. The molecule has 3 heteroatoms. The number of allylic oxidation sites excluding steroid dienone is 7. The van der Waals surface area contributed by atoms with Crippen LogP contribution in [0.5, 0.6) is 0 Å². The van der Waals surface area contributed by atoms with Gasteiger partial charge in [0.05, 0.1) is 0 Å². The molecule has 0 saturated heterocycles. The van der Waals surface area contributed by atoms with Crippen LogP contribution in [0.3, 0.4) is 0 Å². The Morgan fingerprint density at radius 2 is 1.76 bits per heavy atom. The first kappa shape index (κ1) is 20.9. The highest BCUT2D eigenvalue weighted by atomic mass is 15.1. The summed E-state index contributed by atoms with van der Waals surface area (Å²) in [7, 11) is 0. The van der Waals surface area contributed by atoms with Gasteiger partial charge in [0.1, 0.15) is 12.2 Å². The summed E-state index contributed by atoms with van der Waals surface area (Å²) in [5.41, 5.74) is 1.81. The zero-order valence-electron chi connectivity index (χ0n) is 13.6. The van der Waals surface area contributed by atoms with Gasteiger partial charge in [0.15, 0.2) is 0 Å². The Hall–Kier alpha value is -2.42. The van der Waals surface area contributed by atoms with Crippen molar-refractivity contribution in [1.82, 2.24) is 5.32 Å². The van der Waals surface area contributed by atoms with Gasteiger partial charge in [-0.3, -0.25) is 0 Å². The lowest BCUT2D eigenvalue weighted by Crippen LogP contribution is -2.11. The lowest BCUT2D eigenvalue weighted by Gasteiger charge is -2.08. The zero-order chi connectivity index (χ0) is 16.5. The van der Waals surface area contributed by atoms with Gasteiger partial charge in [-0.25, -0.2) is 9.98 Å². The van der Waals surface area contributed by atoms with Crippen LogP contribution in [0.1, 0.15) is 27.7 Å². The molecule has 3 nitrogen and oxygen atoms in total. The molecule has 0 atom stereocenters. The highest BCUT2D eigenvalue weighted by Gasteiger charge is 1.99. The third-order valence-corrected chi connectivity index (χ3v) is 2.02. The minimum absolute atomic E-state index is 0.701. The Balaban J connectivity index is 0. The highest BCUT2D eigenvalue weighted by molar-refractivity contribution is 5.79. The zero-order valence-corrected chi connectivity index (χ0v) is 13.6. The van der Waals surface area contributed by atoms with E-state index >= 15 is 0 Å². The maximum absolute atomic E-state index is 4.27. The van der Waals surface area contributed by atoms with E-state index < -0.39 is 0 Å². The molecule has 0 aliphatic heterocycles. The van der Waals surface area contributed by atoms with E-state index in [9.17, 15) is 0 Å². The molecule has 0 bridgehead atoms. The normalized spacial score (nSPS) is 12.9. The van der Waals surface area contributed by atoms with Crippen molar-refractivity contribution in [1.29, 1.82) is 0 Å². The van der Waals surface area contributed by atoms with Gasteiger partial charge in [-0.05, 0) is 31.6 Å². The van der Waals surface area contributed by atoms with Gasteiger partial charge in [0.25, 0.3) is 0 Å². The van der Waals surface area contributed by atoms with Crippen LogP contribution in [0.15, 0.2) is 83.3 Å². The molecule has 0 aromatic rings. The molecule has 21 heavy (non-hydrogen) atoms. The Bertz CT molecular complexity index is 461. The average molecular weight is 285 g/mol.